The maximum absolute atomic E-state index is 11.4. The SMILES string of the molecule is COC(=O)c1nc(C)cc(NCCc2ncno2)n1. The van der Waals surface area contributed by atoms with E-state index in [-0.39, 0.29) is 5.82 Å². The summed E-state index contributed by atoms with van der Waals surface area (Å²) in [5.74, 6) is 0.547. The number of aryl methyl sites for hydroxylation is 1. The van der Waals surface area contributed by atoms with Crippen molar-refractivity contribution in [2.75, 3.05) is 19.0 Å². The monoisotopic (exact) mass is 263 g/mol. The Labute approximate surface area is 109 Å². The standard InChI is InChI=1S/C11H13N5O3/c1-7-5-8(16-10(15-7)11(17)18-2)12-4-3-9-13-6-14-19-9/h5-6H,3-4H2,1-2H3,(H,12,15,16). The molecule has 2 aromatic rings. The predicted octanol–water partition coefficient (Wildman–Crippen LogP) is 0.609. The number of nitrogens with zero attached hydrogens (tertiary/aromatic N) is 4. The molecule has 0 bridgehead atoms. The van der Waals surface area contributed by atoms with E-state index in [1.807, 2.05) is 0 Å². The second-order valence-electron chi connectivity index (χ2n) is 3.72. The zero-order chi connectivity index (χ0) is 13.7. The summed E-state index contributed by atoms with van der Waals surface area (Å²) in [6.45, 7) is 2.33. The first-order valence-electron chi connectivity index (χ1n) is 5.62. The third kappa shape index (κ3) is 3.47. The number of carbonyl (C=O) groups excluding carboxylic acids is 1. The first-order chi connectivity index (χ1) is 9.19. The summed E-state index contributed by atoms with van der Waals surface area (Å²) in [7, 11) is 1.29. The van der Waals surface area contributed by atoms with Crippen molar-refractivity contribution in [3.05, 3.63) is 29.8 Å². The Morgan fingerprint density at radius 2 is 2.32 bits per heavy atom. The molecule has 0 aliphatic rings. The van der Waals surface area contributed by atoms with E-state index in [2.05, 4.69) is 30.2 Å². The molecule has 0 aliphatic carbocycles. The van der Waals surface area contributed by atoms with Gasteiger partial charge in [0, 0.05) is 24.7 Å². The van der Waals surface area contributed by atoms with Crippen molar-refractivity contribution in [2.24, 2.45) is 0 Å². The summed E-state index contributed by atoms with van der Waals surface area (Å²) in [4.78, 5) is 23.3. The van der Waals surface area contributed by atoms with Crippen molar-refractivity contribution in [3.63, 3.8) is 0 Å². The van der Waals surface area contributed by atoms with E-state index >= 15 is 0 Å². The number of aromatic nitrogens is 4. The van der Waals surface area contributed by atoms with Crippen LogP contribution in [0.15, 0.2) is 16.9 Å². The van der Waals surface area contributed by atoms with Crippen LogP contribution in [-0.4, -0.2) is 39.7 Å². The number of nitrogens with one attached hydrogen (secondary N) is 1. The number of hydrogen-bond acceptors (Lipinski definition) is 8. The Morgan fingerprint density at radius 1 is 1.47 bits per heavy atom. The van der Waals surface area contributed by atoms with E-state index in [0.717, 1.165) is 0 Å². The Balaban J connectivity index is 1.99. The first-order valence-corrected chi connectivity index (χ1v) is 5.62. The molecule has 8 nitrogen and oxygen atoms in total. The summed E-state index contributed by atoms with van der Waals surface area (Å²) < 4.78 is 9.45. The van der Waals surface area contributed by atoms with Gasteiger partial charge < -0.3 is 14.6 Å². The van der Waals surface area contributed by atoms with Crippen molar-refractivity contribution >= 4 is 11.8 Å². The normalized spacial score (nSPS) is 10.2. The van der Waals surface area contributed by atoms with Crippen LogP contribution >= 0.6 is 0 Å². The summed E-state index contributed by atoms with van der Waals surface area (Å²) in [6.07, 6.45) is 1.91. The summed E-state index contributed by atoms with van der Waals surface area (Å²) in [5, 5.41) is 6.57. The van der Waals surface area contributed by atoms with Gasteiger partial charge in [-0.05, 0) is 6.92 Å². The summed E-state index contributed by atoms with van der Waals surface area (Å²) in [6, 6.07) is 1.74. The lowest BCUT2D eigenvalue weighted by Gasteiger charge is -2.06. The number of carbonyl (C=O) groups is 1. The van der Waals surface area contributed by atoms with Gasteiger partial charge in [0.15, 0.2) is 6.33 Å². The fraction of sp³-hybridized carbons (Fsp3) is 0.364. The van der Waals surface area contributed by atoms with E-state index in [1.165, 1.54) is 13.4 Å². The zero-order valence-corrected chi connectivity index (χ0v) is 10.6. The Kier molecular flexibility index (Phi) is 4.01. The van der Waals surface area contributed by atoms with Gasteiger partial charge in [0.25, 0.3) is 0 Å². The molecule has 0 fully saturated rings. The Hall–Kier alpha value is -2.51. The van der Waals surface area contributed by atoms with Gasteiger partial charge in [-0.2, -0.15) is 4.98 Å². The lowest BCUT2D eigenvalue weighted by molar-refractivity contribution is 0.0586. The molecule has 0 saturated carbocycles. The quantitative estimate of drug-likeness (QED) is 0.782. The van der Waals surface area contributed by atoms with E-state index < -0.39 is 5.97 Å². The van der Waals surface area contributed by atoms with Gasteiger partial charge in [-0.3, -0.25) is 0 Å². The number of anilines is 1. The molecule has 0 atom stereocenters. The van der Waals surface area contributed by atoms with Crippen molar-refractivity contribution in [2.45, 2.75) is 13.3 Å². The van der Waals surface area contributed by atoms with Gasteiger partial charge in [0.05, 0.1) is 7.11 Å². The van der Waals surface area contributed by atoms with E-state index in [9.17, 15) is 4.79 Å². The van der Waals surface area contributed by atoms with E-state index in [0.29, 0.717) is 30.4 Å². The van der Waals surface area contributed by atoms with Crippen LogP contribution in [0, 0.1) is 6.92 Å². The number of methoxy groups -OCH3 is 1. The van der Waals surface area contributed by atoms with E-state index in [1.54, 1.807) is 13.0 Å². The minimum atomic E-state index is -0.566. The molecule has 2 rings (SSSR count). The van der Waals surface area contributed by atoms with Crippen molar-refractivity contribution in [3.8, 4) is 0 Å². The van der Waals surface area contributed by atoms with Gasteiger partial charge in [0.1, 0.15) is 5.82 Å². The molecule has 1 N–H and O–H groups in total. The highest BCUT2D eigenvalue weighted by Gasteiger charge is 2.11. The van der Waals surface area contributed by atoms with Gasteiger partial charge in [-0.15, -0.1) is 0 Å². The van der Waals surface area contributed by atoms with Crippen LogP contribution in [0.2, 0.25) is 0 Å². The molecule has 0 radical (unpaired) electrons. The van der Waals surface area contributed by atoms with Crippen LogP contribution in [0.3, 0.4) is 0 Å². The molecule has 0 spiro atoms. The number of esters is 1. The molecule has 100 valence electrons. The van der Waals surface area contributed by atoms with Gasteiger partial charge in [-0.1, -0.05) is 5.16 Å². The Morgan fingerprint density at radius 3 is 3.00 bits per heavy atom. The molecule has 0 amide bonds. The fourth-order valence-electron chi connectivity index (χ4n) is 1.45. The molecule has 0 aromatic carbocycles. The summed E-state index contributed by atoms with van der Waals surface area (Å²) >= 11 is 0. The van der Waals surface area contributed by atoms with Crippen molar-refractivity contribution in [1.82, 2.24) is 20.1 Å². The first kappa shape index (κ1) is 12.9. The average Bonchev–Trinajstić information content (AvgIpc) is 2.90. The van der Waals surface area contributed by atoms with Crippen LogP contribution in [0.5, 0.6) is 0 Å². The van der Waals surface area contributed by atoms with Crippen molar-refractivity contribution < 1.29 is 14.1 Å². The molecule has 0 aliphatic heterocycles. The topological polar surface area (TPSA) is 103 Å². The summed E-state index contributed by atoms with van der Waals surface area (Å²) in [5.41, 5.74) is 0.677. The molecular formula is C11H13N5O3. The number of hydrogen-bond donors (Lipinski definition) is 1. The minimum Gasteiger partial charge on any atom is -0.463 e. The molecule has 2 heterocycles. The maximum atomic E-state index is 11.4. The number of ether oxygens (including phenoxy) is 1. The third-order valence-electron chi connectivity index (χ3n) is 2.27. The highest BCUT2D eigenvalue weighted by Crippen LogP contribution is 2.07. The smallest absolute Gasteiger partial charge is 0.376 e. The lowest BCUT2D eigenvalue weighted by atomic mass is 10.3. The van der Waals surface area contributed by atoms with Gasteiger partial charge in [0.2, 0.25) is 11.7 Å². The van der Waals surface area contributed by atoms with Crippen LogP contribution in [0.4, 0.5) is 5.82 Å². The van der Waals surface area contributed by atoms with Crippen LogP contribution < -0.4 is 5.32 Å². The fourth-order valence-corrected chi connectivity index (χ4v) is 1.45. The zero-order valence-electron chi connectivity index (χ0n) is 10.6. The van der Waals surface area contributed by atoms with Crippen molar-refractivity contribution in [1.29, 1.82) is 0 Å². The predicted molar refractivity (Wildman–Crippen MR) is 64.6 cm³/mol. The van der Waals surface area contributed by atoms with Gasteiger partial charge >= 0.3 is 5.97 Å². The van der Waals surface area contributed by atoms with Crippen LogP contribution in [0.1, 0.15) is 22.2 Å². The molecule has 0 unspecified atom stereocenters. The van der Waals surface area contributed by atoms with Crippen LogP contribution in [0.25, 0.3) is 0 Å². The molecule has 19 heavy (non-hydrogen) atoms. The molecule has 0 saturated heterocycles. The highest BCUT2D eigenvalue weighted by atomic mass is 16.5. The second-order valence-corrected chi connectivity index (χ2v) is 3.72. The average molecular weight is 263 g/mol. The number of rotatable bonds is 5. The lowest BCUT2D eigenvalue weighted by Crippen LogP contribution is -2.12. The minimum absolute atomic E-state index is 0.0304. The van der Waals surface area contributed by atoms with Gasteiger partial charge in [-0.25, -0.2) is 14.8 Å². The maximum Gasteiger partial charge on any atom is 0.376 e. The highest BCUT2D eigenvalue weighted by molar-refractivity contribution is 5.85. The Bertz CT molecular complexity index is 555. The second kappa shape index (κ2) is 5.89. The largest absolute Gasteiger partial charge is 0.463 e. The van der Waals surface area contributed by atoms with E-state index in [4.69, 9.17) is 4.52 Å². The van der Waals surface area contributed by atoms with Crippen LogP contribution in [-0.2, 0) is 11.2 Å². The third-order valence-corrected chi connectivity index (χ3v) is 2.27. The molecule has 2 aromatic heterocycles. The molecule has 8 heteroatoms. The molecular weight excluding hydrogens is 250 g/mol.